The van der Waals surface area contributed by atoms with Crippen LogP contribution in [0.4, 0.5) is 0 Å². The fourth-order valence-corrected chi connectivity index (χ4v) is 3.08. The largest absolute Gasteiger partial charge is 0.271 e. The molecule has 3 heteroatoms. The maximum absolute atomic E-state index is 5.88. The van der Waals surface area contributed by atoms with Crippen molar-refractivity contribution >= 4 is 10.9 Å². The van der Waals surface area contributed by atoms with Gasteiger partial charge in [-0.15, -0.1) is 0 Å². The van der Waals surface area contributed by atoms with Gasteiger partial charge in [0.1, 0.15) is 0 Å². The molecule has 0 fully saturated rings. The van der Waals surface area contributed by atoms with E-state index >= 15 is 0 Å². The second-order valence-electron chi connectivity index (χ2n) is 5.40. The number of nitrogens with zero attached hydrogens (tertiary/aromatic N) is 1. The van der Waals surface area contributed by atoms with Crippen LogP contribution in [0.3, 0.4) is 0 Å². The lowest BCUT2D eigenvalue weighted by Gasteiger charge is -2.27. The minimum Gasteiger partial charge on any atom is -0.271 e. The number of pyridine rings is 1. The molecule has 0 aliphatic carbocycles. The van der Waals surface area contributed by atoms with Crippen molar-refractivity contribution in [2.75, 3.05) is 0 Å². The van der Waals surface area contributed by atoms with E-state index in [1.54, 1.807) is 0 Å². The number of hydrogen-bond acceptors (Lipinski definition) is 3. The Morgan fingerprint density at radius 1 is 1.10 bits per heavy atom. The summed E-state index contributed by atoms with van der Waals surface area (Å²) in [7, 11) is 0. The predicted octanol–water partition coefficient (Wildman–Crippen LogP) is 3.96. The van der Waals surface area contributed by atoms with Crippen molar-refractivity contribution in [1.29, 1.82) is 0 Å². The number of hydrazine groups is 1. The smallest absolute Gasteiger partial charge is 0.0750 e. The van der Waals surface area contributed by atoms with Crippen molar-refractivity contribution in [3.63, 3.8) is 0 Å². The van der Waals surface area contributed by atoms with Gasteiger partial charge in [0.25, 0.3) is 0 Å². The summed E-state index contributed by atoms with van der Waals surface area (Å²) in [5.74, 6) is 6.44. The standard InChI is InChI=1S/C17H25N3/c1-3-7-13(8-4-2)17(20-18)15-11-5-9-14-10-6-12-19-16(14)15/h5-6,9-13,17,20H,3-4,7-8,18H2,1-2H3. The molecule has 0 amide bonds. The summed E-state index contributed by atoms with van der Waals surface area (Å²) in [6.07, 6.45) is 6.59. The molecule has 20 heavy (non-hydrogen) atoms. The van der Waals surface area contributed by atoms with Gasteiger partial charge in [-0.3, -0.25) is 16.3 Å². The number of rotatable bonds is 7. The molecule has 1 aromatic carbocycles. The maximum atomic E-state index is 5.88. The van der Waals surface area contributed by atoms with Crippen LogP contribution in [0, 0.1) is 5.92 Å². The van der Waals surface area contributed by atoms with E-state index in [4.69, 9.17) is 5.84 Å². The molecule has 0 aliphatic rings. The lowest BCUT2D eigenvalue weighted by atomic mass is 9.85. The number of hydrogen-bond donors (Lipinski definition) is 2. The van der Waals surface area contributed by atoms with E-state index in [1.165, 1.54) is 36.6 Å². The summed E-state index contributed by atoms with van der Waals surface area (Å²) in [4.78, 5) is 4.56. The summed E-state index contributed by atoms with van der Waals surface area (Å²) >= 11 is 0. The molecule has 3 nitrogen and oxygen atoms in total. The molecule has 0 spiro atoms. The van der Waals surface area contributed by atoms with Crippen molar-refractivity contribution in [2.24, 2.45) is 11.8 Å². The van der Waals surface area contributed by atoms with Gasteiger partial charge in [0.2, 0.25) is 0 Å². The second-order valence-corrected chi connectivity index (χ2v) is 5.40. The second kappa shape index (κ2) is 7.36. The highest BCUT2D eigenvalue weighted by atomic mass is 15.2. The minimum atomic E-state index is 0.175. The molecule has 0 radical (unpaired) electrons. The third-order valence-electron chi connectivity index (χ3n) is 3.97. The van der Waals surface area contributed by atoms with Crippen molar-refractivity contribution in [2.45, 2.75) is 45.6 Å². The average molecular weight is 271 g/mol. The van der Waals surface area contributed by atoms with Gasteiger partial charge in [0.05, 0.1) is 11.6 Å². The first-order valence-corrected chi connectivity index (χ1v) is 7.61. The fraction of sp³-hybridized carbons (Fsp3) is 0.471. The van der Waals surface area contributed by atoms with Crippen LogP contribution in [0.2, 0.25) is 0 Å². The van der Waals surface area contributed by atoms with Crippen LogP contribution in [-0.4, -0.2) is 4.98 Å². The van der Waals surface area contributed by atoms with E-state index in [9.17, 15) is 0 Å². The molecule has 2 aromatic rings. The summed E-state index contributed by atoms with van der Waals surface area (Å²) in [6.45, 7) is 4.47. The summed E-state index contributed by atoms with van der Waals surface area (Å²) in [5.41, 5.74) is 5.33. The van der Waals surface area contributed by atoms with E-state index in [2.05, 4.69) is 48.5 Å². The number of aromatic nitrogens is 1. The Morgan fingerprint density at radius 3 is 2.45 bits per heavy atom. The molecule has 1 aromatic heterocycles. The van der Waals surface area contributed by atoms with Crippen LogP contribution in [0.15, 0.2) is 36.5 Å². The zero-order valence-electron chi connectivity index (χ0n) is 12.5. The van der Waals surface area contributed by atoms with Crippen LogP contribution in [-0.2, 0) is 0 Å². The Hall–Kier alpha value is -1.45. The highest BCUT2D eigenvalue weighted by Crippen LogP contribution is 2.32. The van der Waals surface area contributed by atoms with Crippen molar-refractivity contribution in [3.8, 4) is 0 Å². The topological polar surface area (TPSA) is 50.9 Å². The quantitative estimate of drug-likeness (QED) is 0.592. The molecule has 1 heterocycles. The summed E-state index contributed by atoms with van der Waals surface area (Å²) in [5, 5.41) is 1.18. The number of benzene rings is 1. The predicted molar refractivity (Wildman–Crippen MR) is 85.1 cm³/mol. The van der Waals surface area contributed by atoms with E-state index in [0.717, 1.165) is 5.52 Å². The van der Waals surface area contributed by atoms with Crippen LogP contribution < -0.4 is 11.3 Å². The summed E-state index contributed by atoms with van der Waals surface area (Å²) < 4.78 is 0. The van der Waals surface area contributed by atoms with Gasteiger partial charge in [-0.2, -0.15) is 0 Å². The van der Waals surface area contributed by atoms with E-state index in [-0.39, 0.29) is 6.04 Å². The number of nitrogens with two attached hydrogens (primary N) is 1. The van der Waals surface area contributed by atoms with Gasteiger partial charge in [0.15, 0.2) is 0 Å². The number of fused-ring (bicyclic) bond motifs is 1. The Bertz CT molecular complexity index is 527. The van der Waals surface area contributed by atoms with E-state index in [1.807, 2.05) is 12.3 Å². The van der Waals surface area contributed by atoms with Gasteiger partial charge in [0, 0.05) is 11.6 Å². The highest BCUT2D eigenvalue weighted by molar-refractivity contribution is 5.82. The monoisotopic (exact) mass is 271 g/mol. The van der Waals surface area contributed by atoms with Crippen LogP contribution in [0.25, 0.3) is 10.9 Å². The van der Waals surface area contributed by atoms with Crippen molar-refractivity contribution in [3.05, 3.63) is 42.1 Å². The van der Waals surface area contributed by atoms with Gasteiger partial charge >= 0.3 is 0 Å². The molecule has 108 valence electrons. The highest BCUT2D eigenvalue weighted by Gasteiger charge is 2.22. The maximum Gasteiger partial charge on any atom is 0.0750 e. The lowest BCUT2D eigenvalue weighted by Crippen LogP contribution is -2.34. The Morgan fingerprint density at radius 2 is 1.80 bits per heavy atom. The normalized spacial score (nSPS) is 13.0. The Balaban J connectivity index is 2.42. The first-order chi connectivity index (χ1) is 9.81. The Labute approximate surface area is 121 Å². The van der Waals surface area contributed by atoms with Crippen LogP contribution in [0.5, 0.6) is 0 Å². The molecule has 0 aliphatic heterocycles. The molecule has 1 atom stereocenters. The molecule has 0 saturated heterocycles. The van der Waals surface area contributed by atoms with Gasteiger partial charge in [-0.1, -0.05) is 51.0 Å². The van der Waals surface area contributed by atoms with Crippen molar-refractivity contribution in [1.82, 2.24) is 10.4 Å². The third-order valence-corrected chi connectivity index (χ3v) is 3.97. The number of para-hydroxylation sites is 1. The van der Waals surface area contributed by atoms with E-state index in [0.29, 0.717) is 5.92 Å². The van der Waals surface area contributed by atoms with Gasteiger partial charge in [-0.05, 0) is 30.4 Å². The lowest BCUT2D eigenvalue weighted by molar-refractivity contribution is 0.320. The van der Waals surface area contributed by atoms with Gasteiger partial charge < -0.3 is 0 Å². The first-order valence-electron chi connectivity index (χ1n) is 7.61. The Kier molecular flexibility index (Phi) is 5.50. The van der Waals surface area contributed by atoms with E-state index < -0.39 is 0 Å². The zero-order valence-corrected chi connectivity index (χ0v) is 12.5. The molecule has 2 rings (SSSR count). The van der Waals surface area contributed by atoms with Gasteiger partial charge in [-0.25, -0.2) is 0 Å². The van der Waals surface area contributed by atoms with Crippen LogP contribution >= 0.6 is 0 Å². The molecule has 0 bridgehead atoms. The zero-order chi connectivity index (χ0) is 14.4. The fourth-order valence-electron chi connectivity index (χ4n) is 3.08. The molecule has 3 N–H and O–H groups in total. The third kappa shape index (κ3) is 3.17. The molecular weight excluding hydrogens is 246 g/mol. The van der Waals surface area contributed by atoms with Crippen molar-refractivity contribution < 1.29 is 0 Å². The summed E-state index contributed by atoms with van der Waals surface area (Å²) in [6, 6.07) is 10.6. The molecule has 1 unspecified atom stereocenters. The molecular formula is C17H25N3. The number of nitrogens with one attached hydrogen (secondary N) is 1. The average Bonchev–Trinajstić information content (AvgIpc) is 2.49. The molecule has 0 saturated carbocycles. The SMILES string of the molecule is CCCC(CCC)C(NN)c1cccc2cccnc12. The first kappa shape index (κ1) is 14.9. The van der Waals surface area contributed by atoms with Crippen LogP contribution in [0.1, 0.15) is 51.1 Å². The minimum absolute atomic E-state index is 0.175.